The van der Waals surface area contributed by atoms with Gasteiger partial charge in [-0.25, -0.2) is 0 Å². The molecule has 0 unspecified atom stereocenters. The largest absolute Gasteiger partial charge is 0.420 e. The second-order valence-electron chi connectivity index (χ2n) is 1.82. The van der Waals surface area contributed by atoms with Gasteiger partial charge in [0, 0.05) is 0 Å². The zero-order valence-electron chi connectivity index (χ0n) is 5.52. The van der Waals surface area contributed by atoms with Crippen molar-refractivity contribution in [3.8, 4) is 0 Å². The van der Waals surface area contributed by atoms with Crippen LogP contribution in [0, 0.1) is 13.0 Å². The maximum atomic E-state index is 5.37. The van der Waals surface area contributed by atoms with Gasteiger partial charge >= 0.3 is 0 Å². The molecule has 0 heterocycles. The molecule has 0 radical (unpaired) electrons. The van der Waals surface area contributed by atoms with Gasteiger partial charge in [0.2, 0.25) is 0 Å². The van der Waals surface area contributed by atoms with Crippen molar-refractivity contribution < 1.29 is 0 Å². The number of aryl methyl sites for hydroxylation is 1. The van der Waals surface area contributed by atoms with Crippen LogP contribution in [0.4, 0.5) is 5.69 Å². The van der Waals surface area contributed by atoms with Gasteiger partial charge in [-0.15, -0.1) is 6.07 Å². The monoisotopic (exact) mass is 373 g/mol. The van der Waals surface area contributed by atoms with Gasteiger partial charge in [0.1, 0.15) is 0 Å². The van der Waals surface area contributed by atoms with Gasteiger partial charge < -0.3 is 5.73 Å². The van der Waals surface area contributed by atoms with Crippen molar-refractivity contribution in [2.45, 2.75) is 6.92 Å². The van der Waals surface area contributed by atoms with E-state index in [2.05, 4.69) is 6.07 Å². The number of anilines is 1. The zero-order chi connectivity index (χ0) is 5.98. The van der Waals surface area contributed by atoms with Crippen molar-refractivity contribution in [3.05, 3.63) is 29.8 Å². The van der Waals surface area contributed by atoms with E-state index in [4.69, 9.17) is 5.73 Å². The summed E-state index contributed by atoms with van der Waals surface area (Å²) in [6, 6.07) is 8.55. The van der Waals surface area contributed by atoms with Gasteiger partial charge in [0.25, 0.3) is 0 Å². The fourth-order valence-electron chi connectivity index (χ4n) is 0.515. The second-order valence-corrected chi connectivity index (χ2v) is 1.82. The molecule has 9 heavy (non-hydrogen) atoms. The van der Waals surface area contributed by atoms with Crippen LogP contribution in [-0.2, 0) is 0 Å². The van der Waals surface area contributed by atoms with Gasteiger partial charge in [-0.2, -0.15) is 23.8 Å². The topological polar surface area (TPSA) is 26.0 Å². The molecule has 0 aliphatic rings. The van der Waals surface area contributed by atoms with E-state index in [9.17, 15) is 0 Å². The first kappa shape index (κ1) is 7.02. The van der Waals surface area contributed by atoms with E-state index in [-0.39, 0.29) is 0 Å². The standard InChI is InChI=1S/C7H8N.Rf/c1-6-2-4-7(8)5-3-6;/h2-4H,8H2,1H3;/q-1;. The predicted molar refractivity (Wildman–Crippen MR) is 34.4 cm³/mol. The average molecular weight is 373 g/mol. The third kappa shape index (κ3) is 1.51. The molecular formula is C7H8NRf-. The van der Waals surface area contributed by atoms with E-state index in [0.29, 0.717) is 5.69 Å². The van der Waals surface area contributed by atoms with E-state index in [1.807, 2.05) is 25.1 Å². The van der Waals surface area contributed by atoms with Gasteiger partial charge in [-0.1, -0.05) is 12.6 Å². The summed E-state index contributed by atoms with van der Waals surface area (Å²) < 4.78 is 0. The fourth-order valence-corrected chi connectivity index (χ4v) is 0.515. The Morgan fingerprint density at radius 3 is 2.44 bits per heavy atom. The van der Waals surface area contributed by atoms with Crippen LogP contribution in [0.15, 0.2) is 18.2 Å². The van der Waals surface area contributed by atoms with Crippen LogP contribution in [-0.4, -0.2) is 0 Å². The molecule has 1 nitrogen and oxygen atoms in total. The number of hydrogen-bond acceptors (Lipinski definition) is 1. The van der Waals surface area contributed by atoms with Crippen LogP contribution in [0.1, 0.15) is 5.56 Å². The number of hydrogen-bond donors (Lipinski definition) is 1. The average Bonchev–Trinajstić information content (AvgIpc) is 1.77. The molecule has 0 bridgehead atoms. The first-order valence-electron chi connectivity index (χ1n) is 2.53. The summed E-state index contributed by atoms with van der Waals surface area (Å²) in [6.45, 7) is 2.01. The van der Waals surface area contributed by atoms with Crippen molar-refractivity contribution in [3.63, 3.8) is 0 Å². The molecule has 0 fully saturated rings. The Balaban J connectivity index is 0.000000640. The Bertz CT molecular complexity index is 148. The van der Waals surface area contributed by atoms with Gasteiger partial charge in [0.15, 0.2) is 0 Å². The maximum Gasteiger partial charge on any atom is 0 e. The Hall–Kier alpha value is -1.98. The number of nitrogen functional groups attached to an aromatic ring is 1. The minimum Gasteiger partial charge on any atom is -0.420 e. The van der Waals surface area contributed by atoms with E-state index < -0.39 is 0 Å². The molecule has 0 aliphatic heterocycles. The number of benzene rings is 1. The van der Waals surface area contributed by atoms with E-state index in [1.165, 1.54) is 5.56 Å². The summed E-state index contributed by atoms with van der Waals surface area (Å²) in [5, 5.41) is 0. The van der Waals surface area contributed by atoms with Gasteiger partial charge in [-0.3, -0.25) is 0 Å². The molecule has 0 aromatic heterocycles. The minimum atomic E-state index is 0. The third-order valence-corrected chi connectivity index (χ3v) is 0.992. The van der Waals surface area contributed by atoms with E-state index in [0.717, 1.165) is 0 Å². The third-order valence-electron chi connectivity index (χ3n) is 0.992. The van der Waals surface area contributed by atoms with Crippen LogP contribution in [0.5, 0.6) is 0 Å². The second kappa shape index (κ2) is 2.36. The Morgan fingerprint density at radius 2 is 2.11 bits per heavy atom. The van der Waals surface area contributed by atoms with Crippen LogP contribution >= 0.6 is 0 Å². The van der Waals surface area contributed by atoms with Crippen LogP contribution < -0.4 is 5.73 Å². The molecule has 2 N–H and O–H groups in total. The van der Waals surface area contributed by atoms with Crippen molar-refractivity contribution >= 4 is 5.69 Å². The molecule has 0 amide bonds. The molecule has 0 aliphatic carbocycles. The Morgan fingerprint density at radius 1 is 1.44 bits per heavy atom. The van der Waals surface area contributed by atoms with E-state index >= 15 is 0 Å². The molecule has 0 saturated carbocycles. The zero-order valence-corrected chi connectivity index (χ0v) is 11.9. The summed E-state index contributed by atoms with van der Waals surface area (Å²) in [5.41, 5.74) is 7.27. The van der Waals surface area contributed by atoms with Crippen molar-refractivity contribution in [1.29, 1.82) is 0 Å². The minimum absolute atomic E-state index is 0. The van der Waals surface area contributed by atoms with E-state index in [1.54, 1.807) is 0 Å². The molecule has 2 heteroatoms. The molecule has 0 saturated heterocycles. The van der Waals surface area contributed by atoms with Crippen LogP contribution in [0.25, 0.3) is 0 Å². The predicted octanol–water partition coefficient (Wildman–Crippen LogP) is 1.38. The van der Waals surface area contributed by atoms with Gasteiger partial charge in [0.05, 0.1) is 0 Å². The fraction of sp³-hybridized carbons (Fsp3) is 0.143. The maximum absolute atomic E-state index is 5.37. The Kier molecular flexibility index (Phi) is 1.84. The van der Waals surface area contributed by atoms with Crippen molar-refractivity contribution in [2.75, 3.05) is 5.73 Å². The first-order chi connectivity index (χ1) is 3.79. The molecule has 1 rings (SSSR count). The van der Waals surface area contributed by atoms with Crippen LogP contribution in [0.2, 0.25) is 0 Å². The molecule has 0 spiro atoms. The quantitative estimate of drug-likeness (QED) is 0.540. The molecule has 44 valence electrons. The smallest absolute Gasteiger partial charge is 0 e. The summed E-state index contributed by atoms with van der Waals surface area (Å²) in [6.07, 6.45) is 0. The molecule has 0 atom stereocenters. The summed E-state index contributed by atoms with van der Waals surface area (Å²) >= 11 is 0. The summed E-state index contributed by atoms with van der Waals surface area (Å²) in [5.74, 6) is 0. The molecular weight excluding hydrogens is 365 g/mol. The number of nitrogens with two attached hydrogens (primary N) is 1. The SMILES string of the molecule is Cc1c[c-]c(N)cc1.[Rf]. The van der Waals surface area contributed by atoms with Crippen molar-refractivity contribution in [1.82, 2.24) is 0 Å². The number of rotatable bonds is 0. The first-order valence-corrected chi connectivity index (χ1v) is 2.53. The molecule has 1 aromatic rings. The normalized spacial score (nSPS) is 8.11. The molecule has 1 aromatic carbocycles. The van der Waals surface area contributed by atoms with Gasteiger partial charge in [-0.05, 0) is 0 Å². The van der Waals surface area contributed by atoms with Crippen molar-refractivity contribution in [2.24, 2.45) is 0 Å². The summed E-state index contributed by atoms with van der Waals surface area (Å²) in [4.78, 5) is 0. The van der Waals surface area contributed by atoms with Crippen LogP contribution in [0.3, 0.4) is 0 Å². The Labute approximate surface area is 49.1 Å². The summed E-state index contributed by atoms with van der Waals surface area (Å²) in [7, 11) is 0.